The summed E-state index contributed by atoms with van der Waals surface area (Å²) < 4.78 is 17.3. The Labute approximate surface area is 187 Å². The smallest absolute Gasteiger partial charge is 0.343 e. The zero-order valence-corrected chi connectivity index (χ0v) is 18.1. The van der Waals surface area contributed by atoms with Crippen molar-refractivity contribution in [2.24, 2.45) is 0 Å². The molecular weight excluding hydrogens is 460 g/mol. The molecule has 0 aromatic heterocycles. The van der Waals surface area contributed by atoms with Gasteiger partial charge >= 0.3 is 5.97 Å². The summed E-state index contributed by atoms with van der Waals surface area (Å²) in [6.45, 7) is 0. The lowest BCUT2D eigenvalue weighted by atomic mass is 10.1. The van der Waals surface area contributed by atoms with E-state index >= 15 is 0 Å². The second kappa shape index (κ2) is 9.02. The van der Waals surface area contributed by atoms with E-state index in [1.807, 2.05) is 30.3 Å². The van der Waals surface area contributed by atoms with Crippen molar-refractivity contribution >= 4 is 33.8 Å². The van der Waals surface area contributed by atoms with Crippen LogP contribution in [0.2, 0.25) is 0 Å². The molecule has 3 aromatic rings. The van der Waals surface area contributed by atoms with Crippen LogP contribution in [0.4, 0.5) is 0 Å². The molecule has 0 aliphatic carbocycles. The van der Waals surface area contributed by atoms with Crippen molar-refractivity contribution < 1.29 is 23.8 Å². The van der Waals surface area contributed by atoms with Gasteiger partial charge in [0.05, 0.1) is 18.2 Å². The van der Waals surface area contributed by atoms with E-state index in [1.54, 1.807) is 55.7 Å². The van der Waals surface area contributed by atoms with Crippen molar-refractivity contribution in [3.05, 3.63) is 106 Å². The van der Waals surface area contributed by atoms with Crippen LogP contribution in [0.3, 0.4) is 0 Å². The van der Waals surface area contributed by atoms with Crippen molar-refractivity contribution in [3.8, 4) is 17.2 Å². The monoisotopic (exact) mass is 476 g/mol. The SMILES string of the molecule is COc1ccccc1C=CC=C1Oc2cc(OC(=O)c3ccc(Br)cc3)ccc2C1=O. The lowest BCUT2D eigenvalue weighted by Crippen LogP contribution is -2.08. The number of rotatable bonds is 5. The van der Waals surface area contributed by atoms with Gasteiger partial charge in [0.2, 0.25) is 5.78 Å². The van der Waals surface area contributed by atoms with Gasteiger partial charge < -0.3 is 14.2 Å². The number of carbonyl (C=O) groups is 2. The summed E-state index contributed by atoms with van der Waals surface area (Å²) in [5.41, 5.74) is 1.72. The topological polar surface area (TPSA) is 61.8 Å². The molecule has 4 rings (SSSR count). The molecule has 154 valence electrons. The summed E-state index contributed by atoms with van der Waals surface area (Å²) in [5.74, 6) is 0.847. The normalized spacial score (nSPS) is 13.9. The minimum Gasteiger partial charge on any atom is -0.496 e. The van der Waals surface area contributed by atoms with E-state index < -0.39 is 5.97 Å². The summed E-state index contributed by atoms with van der Waals surface area (Å²) >= 11 is 3.33. The van der Waals surface area contributed by atoms with Gasteiger partial charge in [0.25, 0.3) is 0 Å². The van der Waals surface area contributed by atoms with Crippen LogP contribution in [0.25, 0.3) is 6.08 Å². The van der Waals surface area contributed by atoms with Gasteiger partial charge in [-0.25, -0.2) is 4.79 Å². The van der Waals surface area contributed by atoms with Crippen molar-refractivity contribution in [2.75, 3.05) is 7.11 Å². The summed E-state index contributed by atoms with van der Waals surface area (Å²) in [7, 11) is 1.60. The van der Waals surface area contributed by atoms with Gasteiger partial charge in [-0.05, 0) is 48.5 Å². The Morgan fingerprint density at radius 1 is 1.03 bits per heavy atom. The van der Waals surface area contributed by atoms with Crippen LogP contribution < -0.4 is 14.2 Å². The Bertz CT molecular complexity index is 1210. The highest BCUT2D eigenvalue weighted by Crippen LogP contribution is 2.34. The van der Waals surface area contributed by atoms with E-state index in [0.717, 1.165) is 15.8 Å². The first-order valence-corrected chi connectivity index (χ1v) is 10.2. The Balaban J connectivity index is 1.49. The van der Waals surface area contributed by atoms with Crippen molar-refractivity contribution in [1.29, 1.82) is 0 Å². The summed E-state index contributed by atoms with van der Waals surface area (Å²) in [6.07, 6.45) is 5.16. The van der Waals surface area contributed by atoms with Gasteiger partial charge in [-0.1, -0.05) is 46.3 Å². The van der Waals surface area contributed by atoms with E-state index in [1.165, 1.54) is 6.07 Å². The average Bonchev–Trinajstić information content (AvgIpc) is 3.09. The van der Waals surface area contributed by atoms with Crippen LogP contribution in [-0.2, 0) is 0 Å². The van der Waals surface area contributed by atoms with E-state index in [2.05, 4.69) is 15.9 Å². The van der Waals surface area contributed by atoms with Crippen LogP contribution in [0.15, 0.2) is 89.1 Å². The second-order valence-electron chi connectivity index (χ2n) is 6.62. The molecule has 6 heteroatoms. The van der Waals surface area contributed by atoms with Crippen molar-refractivity contribution in [3.63, 3.8) is 0 Å². The summed E-state index contributed by atoms with van der Waals surface area (Å²) in [6, 6.07) is 19.1. The molecule has 1 aliphatic rings. The highest BCUT2D eigenvalue weighted by Gasteiger charge is 2.27. The zero-order valence-electron chi connectivity index (χ0n) is 16.5. The minimum absolute atomic E-state index is 0.192. The standard InChI is InChI=1S/C25H17BrO5/c1-29-21-7-3-2-5-16(21)6-4-8-22-24(27)20-14-13-19(15-23(20)31-22)30-25(28)17-9-11-18(26)12-10-17/h2-15H,1H3. The summed E-state index contributed by atoms with van der Waals surface area (Å²) in [5, 5.41) is 0. The number of fused-ring (bicyclic) bond motifs is 1. The molecule has 1 heterocycles. The number of allylic oxidation sites excluding steroid dienone is 3. The van der Waals surface area contributed by atoms with Gasteiger partial charge in [0.15, 0.2) is 5.76 Å². The van der Waals surface area contributed by atoms with Gasteiger partial charge in [0.1, 0.15) is 17.2 Å². The van der Waals surface area contributed by atoms with Gasteiger partial charge in [0, 0.05) is 16.1 Å². The number of ether oxygens (including phenoxy) is 3. The molecule has 0 spiro atoms. The quantitative estimate of drug-likeness (QED) is 0.262. The number of para-hydroxylation sites is 1. The molecule has 0 amide bonds. The maximum atomic E-state index is 12.6. The molecule has 0 unspecified atom stereocenters. The third-order valence-corrected chi connectivity index (χ3v) is 5.12. The fraction of sp³-hybridized carbons (Fsp3) is 0.0400. The molecule has 0 atom stereocenters. The molecule has 0 fully saturated rings. The number of hydrogen-bond acceptors (Lipinski definition) is 5. The molecule has 5 nitrogen and oxygen atoms in total. The van der Waals surface area contributed by atoms with E-state index in [4.69, 9.17) is 14.2 Å². The van der Waals surface area contributed by atoms with Crippen LogP contribution >= 0.6 is 15.9 Å². The number of hydrogen-bond donors (Lipinski definition) is 0. The molecular formula is C25H17BrO5. The first kappa shape index (κ1) is 20.6. The molecule has 0 N–H and O–H groups in total. The Hall–Kier alpha value is -3.64. The highest BCUT2D eigenvalue weighted by atomic mass is 79.9. The maximum Gasteiger partial charge on any atom is 0.343 e. The highest BCUT2D eigenvalue weighted by molar-refractivity contribution is 9.10. The third kappa shape index (κ3) is 4.59. The lowest BCUT2D eigenvalue weighted by Gasteiger charge is -2.05. The molecule has 0 radical (unpaired) electrons. The predicted molar refractivity (Wildman–Crippen MR) is 121 cm³/mol. The van der Waals surface area contributed by atoms with Crippen molar-refractivity contribution in [2.45, 2.75) is 0 Å². The first-order chi connectivity index (χ1) is 15.0. The number of benzene rings is 3. The lowest BCUT2D eigenvalue weighted by molar-refractivity contribution is 0.0734. The molecule has 0 saturated heterocycles. The number of carbonyl (C=O) groups excluding carboxylic acids is 2. The third-order valence-electron chi connectivity index (χ3n) is 4.59. The van der Waals surface area contributed by atoms with Crippen LogP contribution in [0, 0.1) is 0 Å². The van der Waals surface area contributed by atoms with E-state index in [0.29, 0.717) is 22.6 Å². The van der Waals surface area contributed by atoms with Gasteiger partial charge in [-0.2, -0.15) is 0 Å². The maximum absolute atomic E-state index is 12.6. The van der Waals surface area contributed by atoms with Crippen molar-refractivity contribution in [1.82, 2.24) is 0 Å². The number of esters is 1. The number of Topliss-reactive ketones (excluding diaryl/α,β-unsaturated/α-hetero) is 1. The van der Waals surface area contributed by atoms with E-state index in [-0.39, 0.29) is 11.5 Å². The van der Waals surface area contributed by atoms with Crippen LogP contribution in [0.1, 0.15) is 26.3 Å². The molecule has 1 aliphatic heterocycles. The van der Waals surface area contributed by atoms with Gasteiger partial charge in [-0.15, -0.1) is 0 Å². The zero-order chi connectivity index (χ0) is 21.8. The average molecular weight is 477 g/mol. The fourth-order valence-corrected chi connectivity index (χ4v) is 3.30. The Morgan fingerprint density at radius 3 is 2.58 bits per heavy atom. The number of ketones is 1. The second-order valence-corrected chi connectivity index (χ2v) is 7.53. The Kier molecular flexibility index (Phi) is 6.00. The number of methoxy groups -OCH3 is 1. The fourth-order valence-electron chi connectivity index (χ4n) is 3.04. The van der Waals surface area contributed by atoms with Gasteiger partial charge in [-0.3, -0.25) is 4.79 Å². The molecule has 0 saturated carbocycles. The minimum atomic E-state index is -0.493. The molecule has 0 bridgehead atoms. The number of halogens is 1. The largest absolute Gasteiger partial charge is 0.496 e. The Morgan fingerprint density at radius 2 is 1.81 bits per heavy atom. The van der Waals surface area contributed by atoms with E-state index in [9.17, 15) is 9.59 Å². The van der Waals surface area contributed by atoms with Crippen LogP contribution in [-0.4, -0.2) is 18.9 Å². The molecule has 31 heavy (non-hydrogen) atoms. The molecule has 3 aromatic carbocycles. The summed E-state index contributed by atoms with van der Waals surface area (Å²) in [4.78, 5) is 24.9. The predicted octanol–water partition coefficient (Wildman–Crippen LogP) is 5.85. The first-order valence-electron chi connectivity index (χ1n) is 9.41. The van der Waals surface area contributed by atoms with Crippen LogP contribution in [0.5, 0.6) is 17.2 Å².